The summed E-state index contributed by atoms with van der Waals surface area (Å²) in [5, 5.41) is 3.01. The number of primary amides is 1. The molecule has 3 fully saturated rings. The number of benzene rings is 1. The molecule has 40 heavy (non-hydrogen) atoms. The van der Waals surface area contributed by atoms with E-state index in [9.17, 15) is 31.6 Å². The van der Waals surface area contributed by atoms with Gasteiger partial charge in [0, 0.05) is 24.2 Å². The monoisotopic (exact) mass is 580 g/mol. The van der Waals surface area contributed by atoms with Crippen LogP contribution in [-0.2, 0) is 24.4 Å². The first-order chi connectivity index (χ1) is 18.9. The highest BCUT2D eigenvalue weighted by atomic mass is 32.2. The van der Waals surface area contributed by atoms with Crippen molar-refractivity contribution in [1.82, 2.24) is 9.62 Å². The summed E-state index contributed by atoms with van der Waals surface area (Å²) in [5.74, 6) is -3.54. The van der Waals surface area contributed by atoms with Gasteiger partial charge in [0.15, 0.2) is 11.6 Å². The van der Waals surface area contributed by atoms with E-state index in [4.69, 9.17) is 5.73 Å². The molecule has 12 heteroatoms. The summed E-state index contributed by atoms with van der Waals surface area (Å²) in [4.78, 5) is 38.9. The van der Waals surface area contributed by atoms with Crippen molar-refractivity contribution in [2.24, 2.45) is 17.6 Å². The van der Waals surface area contributed by atoms with Crippen LogP contribution < -0.4 is 15.8 Å². The Hall–Kier alpha value is -3.02. The lowest BCUT2D eigenvalue weighted by atomic mass is 10.0. The molecular weight excluding hydrogens is 542 g/mol. The fourth-order valence-electron chi connectivity index (χ4n) is 5.13. The van der Waals surface area contributed by atoms with Gasteiger partial charge in [0.05, 0.1) is 4.75 Å². The summed E-state index contributed by atoms with van der Waals surface area (Å²) >= 11 is 0. The first-order valence-electron chi connectivity index (χ1n) is 14.0. The van der Waals surface area contributed by atoms with E-state index in [2.05, 4.69) is 10.0 Å². The van der Waals surface area contributed by atoms with Gasteiger partial charge in [-0.25, -0.2) is 17.2 Å². The zero-order valence-corrected chi connectivity index (χ0v) is 23.5. The normalized spacial score (nSPS) is 24.1. The van der Waals surface area contributed by atoms with Gasteiger partial charge < -0.3 is 16.0 Å². The SMILES string of the molecule is CC1(S(=O)(=O)NC(=O)[C@H]2C[C@H]2/C=C\CCCCC[C@H](Nc2ccc(F)c(F)c2)C(=O)N2CCC[C@H]2C(N)=O)CC1. The number of anilines is 1. The van der Waals surface area contributed by atoms with Crippen LogP contribution in [0.5, 0.6) is 0 Å². The Morgan fingerprint density at radius 3 is 2.60 bits per heavy atom. The molecular formula is C28H38F2N4O5S. The smallest absolute Gasteiger partial charge is 0.245 e. The maximum atomic E-state index is 13.7. The van der Waals surface area contributed by atoms with Gasteiger partial charge in [-0.1, -0.05) is 25.0 Å². The summed E-state index contributed by atoms with van der Waals surface area (Å²) < 4.78 is 53.0. The Morgan fingerprint density at radius 2 is 1.93 bits per heavy atom. The highest BCUT2D eigenvalue weighted by Crippen LogP contribution is 2.44. The summed E-state index contributed by atoms with van der Waals surface area (Å²) in [6, 6.07) is 1.97. The van der Waals surface area contributed by atoms with Gasteiger partial charge in [-0.15, -0.1) is 0 Å². The first kappa shape index (κ1) is 30.0. The van der Waals surface area contributed by atoms with Crippen molar-refractivity contribution in [3.8, 4) is 0 Å². The van der Waals surface area contributed by atoms with Crippen molar-refractivity contribution in [3.05, 3.63) is 42.0 Å². The molecule has 1 aliphatic heterocycles. The fraction of sp³-hybridized carbons (Fsp3) is 0.607. The number of likely N-dealkylation sites (tertiary alicyclic amines) is 1. The van der Waals surface area contributed by atoms with Gasteiger partial charge in [0.1, 0.15) is 12.1 Å². The lowest BCUT2D eigenvalue weighted by Crippen LogP contribution is -2.49. The molecule has 2 aliphatic carbocycles. The van der Waals surface area contributed by atoms with Gasteiger partial charge in [0.2, 0.25) is 27.7 Å². The molecule has 0 spiro atoms. The molecule has 3 amide bonds. The van der Waals surface area contributed by atoms with Crippen molar-refractivity contribution in [3.63, 3.8) is 0 Å². The Bertz CT molecular complexity index is 1270. The van der Waals surface area contributed by atoms with Crippen molar-refractivity contribution in [2.75, 3.05) is 11.9 Å². The molecule has 1 heterocycles. The maximum absolute atomic E-state index is 13.7. The number of rotatable bonds is 14. The Morgan fingerprint density at radius 1 is 1.18 bits per heavy atom. The van der Waals surface area contributed by atoms with Crippen LogP contribution in [0.4, 0.5) is 14.5 Å². The van der Waals surface area contributed by atoms with Gasteiger partial charge in [-0.2, -0.15) is 0 Å². The zero-order valence-electron chi connectivity index (χ0n) is 22.7. The van der Waals surface area contributed by atoms with Gasteiger partial charge in [-0.3, -0.25) is 19.1 Å². The first-order valence-corrected chi connectivity index (χ1v) is 15.4. The third kappa shape index (κ3) is 7.18. The second kappa shape index (κ2) is 12.2. The van der Waals surface area contributed by atoms with Crippen molar-refractivity contribution in [1.29, 1.82) is 0 Å². The second-order valence-corrected chi connectivity index (χ2v) is 13.6. The van der Waals surface area contributed by atoms with Crippen molar-refractivity contribution < 1.29 is 31.6 Å². The predicted molar refractivity (Wildman–Crippen MR) is 146 cm³/mol. The Labute approximate surface area is 234 Å². The molecule has 0 bridgehead atoms. The van der Waals surface area contributed by atoms with E-state index in [0.29, 0.717) is 51.5 Å². The number of sulfonamides is 1. The van der Waals surface area contributed by atoms with Gasteiger partial charge in [-0.05, 0) is 76.3 Å². The Balaban J connectivity index is 1.22. The largest absolute Gasteiger partial charge is 0.374 e. The minimum absolute atomic E-state index is 0.0446. The van der Waals surface area contributed by atoms with Gasteiger partial charge in [0.25, 0.3) is 0 Å². The van der Waals surface area contributed by atoms with E-state index in [-0.39, 0.29) is 23.4 Å². The molecule has 1 aromatic carbocycles. The number of unbranched alkanes of at least 4 members (excludes halogenated alkanes) is 3. The standard InChI is InChI=1S/C28H38F2N4O5S/c1-28(13-14-28)40(38,39)33-26(36)20-16-18(20)8-5-3-2-4-6-9-23(32-19-11-12-21(29)22(30)17-19)27(37)34-15-7-10-24(34)25(31)35/h5,8,11-12,17-18,20,23-24,32H,2-4,6-7,9-10,13-16H2,1H3,(H2,31,35)(H,33,36)/b8-5-/t18-,20+,23+,24+/m1/s1. The van der Waals surface area contributed by atoms with Crippen LogP contribution in [0.25, 0.3) is 0 Å². The van der Waals surface area contributed by atoms with E-state index in [1.165, 1.54) is 11.0 Å². The summed E-state index contributed by atoms with van der Waals surface area (Å²) in [6.45, 7) is 2.06. The van der Waals surface area contributed by atoms with Gasteiger partial charge >= 0.3 is 0 Å². The molecule has 9 nitrogen and oxygen atoms in total. The third-order valence-corrected chi connectivity index (χ3v) is 10.4. The number of hydrogen-bond donors (Lipinski definition) is 3. The van der Waals surface area contributed by atoms with E-state index >= 15 is 0 Å². The van der Waals surface area contributed by atoms with Crippen LogP contribution in [0.15, 0.2) is 30.4 Å². The summed E-state index contributed by atoms with van der Waals surface area (Å²) in [6.07, 6.45) is 10.4. The third-order valence-electron chi connectivity index (χ3n) is 8.18. The van der Waals surface area contributed by atoms with E-state index in [1.807, 2.05) is 12.2 Å². The molecule has 4 rings (SSSR count). The van der Waals surface area contributed by atoms with Crippen LogP contribution in [0.2, 0.25) is 0 Å². The lowest BCUT2D eigenvalue weighted by molar-refractivity contribution is -0.138. The molecule has 1 saturated heterocycles. The summed E-state index contributed by atoms with van der Waals surface area (Å²) in [7, 11) is -3.61. The molecule has 4 atom stereocenters. The number of carbonyl (C=O) groups excluding carboxylic acids is 3. The number of carbonyl (C=O) groups is 3. The molecule has 0 aromatic heterocycles. The number of halogens is 2. The second-order valence-electron chi connectivity index (χ2n) is 11.4. The highest BCUT2D eigenvalue weighted by molar-refractivity contribution is 7.91. The molecule has 4 N–H and O–H groups in total. The molecule has 0 unspecified atom stereocenters. The average molecular weight is 581 g/mol. The zero-order chi connectivity index (χ0) is 29.1. The van der Waals surface area contributed by atoms with Crippen molar-refractivity contribution in [2.45, 2.75) is 88.0 Å². The molecule has 0 radical (unpaired) electrons. The van der Waals surface area contributed by atoms with E-state index in [1.54, 1.807) is 6.92 Å². The molecule has 1 aromatic rings. The minimum Gasteiger partial charge on any atom is -0.374 e. The number of hydrogen-bond acceptors (Lipinski definition) is 6. The van der Waals surface area contributed by atoms with Crippen LogP contribution in [0.1, 0.15) is 71.1 Å². The minimum atomic E-state index is -3.61. The van der Waals surface area contributed by atoms with Crippen LogP contribution in [0, 0.1) is 23.5 Å². The number of nitrogens with two attached hydrogens (primary N) is 1. The molecule has 220 valence electrons. The van der Waals surface area contributed by atoms with Crippen LogP contribution in [0.3, 0.4) is 0 Å². The number of nitrogens with zero attached hydrogens (tertiary/aromatic N) is 1. The maximum Gasteiger partial charge on any atom is 0.245 e. The lowest BCUT2D eigenvalue weighted by Gasteiger charge is -2.28. The molecule has 3 aliphatic rings. The van der Waals surface area contributed by atoms with Crippen LogP contribution in [-0.4, -0.2) is 54.4 Å². The topological polar surface area (TPSA) is 139 Å². The number of nitrogens with one attached hydrogen (secondary N) is 2. The predicted octanol–water partition coefficient (Wildman–Crippen LogP) is 3.36. The van der Waals surface area contributed by atoms with E-state index in [0.717, 1.165) is 31.4 Å². The van der Waals surface area contributed by atoms with Crippen molar-refractivity contribution >= 4 is 33.4 Å². The number of allylic oxidation sites excluding steroid dienone is 2. The average Bonchev–Trinajstić information content (AvgIpc) is 3.79. The quantitative estimate of drug-likeness (QED) is 0.228. The molecule has 2 saturated carbocycles. The van der Waals surface area contributed by atoms with Crippen LogP contribution >= 0.6 is 0 Å². The van der Waals surface area contributed by atoms with E-state index < -0.39 is 50.3 Å². The highest BCUT2D eigenvalue weighted by Gasteiger charge is 2.52. The Kier molecular flexibility index (Phi) is 9.16. The number of amides is 3. The fourth-order valence-corrected chi connectivity index (χ4v) is 6.44. The summed E-state index contributed by atoms with van der Waals surface area (Å²) in [5.41, 5.74) is 5.76.